The van der Waals surface area contributed by atoms with Crippen LogP contribution < -0.4 is 4.90 Å². The lowest BCUT2D eigenvalue weighted by Gasteiger charge is -2.29. The number of hydrogen-bond acceptors (Lipinski definition) is 2. The van der Waals surface area contributed by atoms with Crippen LogP contribution in [0.2, 0.25) is 0 Å². The molecule has 1 N–H and O–H groups in total. The quantitative estimate of drug-likeness (QED) is 0.737. The van der Waals surface area contributed by atoms with Gasteiger partial charge in [-0.05, 0) is 37.8 Å². The molecule has 0 aliphatic carbocycles. The van der Waals surface area contributed by atoms with Crippen molar-refractivity contribution in [2.45, 2.75) is 26.2 Å². The Morgan fingerprint density at radius 1 is 1.14 bits per heavy atom. The van der Waals surface area contributed by atoms with E-state index in [1.54, 1.807) is 0 Å². The van der Waals surface area contributed by atoms with E-state index in [0.29, 0.717) is 5.75 Å². The minimum Gasteiger partial charge on any atom is -0.508 e. The molecule has 0 saturated carbocycles. The van der Waals surface area contributed by atoms with E-state index >= 15 is 0 Å². The number of nitrogens with zero attached hydrogens (tertiary/aromatic N) is 1. The molecule has 1 heterocycles. The second-order valence-corrected chi connectivity index (χ2v) is 4.02. The van der Waals surface area contributed by atoms with Crippen LogP contribution in [0.4, 0.5) is 5.69 Å². The average molecular weight is 191 g/mol. The van der Waals surface area contributed by atoms with Crippen LogP contribution in [0.1, 0.15) is 24.8 Å². The second kappa shape index (κ2) is 3.91. The van der Waals surface area contributed by atoms with Gasteiger partial charge in [0.2, 0.25) is 0 Å². The van der Waals surface area contributed by atoms with E-state index in [2.05, 4.69) is 11.0 Å². The molecule has 1 fully saturated rings. The fraction of sp³-hybridized carbons (Fsp3) is 0.500. The molecule has 76 valence electrons. The van der Waals surface area contributed by atoms with Crippen LogP contribution in [0.25, 0.3) is 0 Å². The lowest BCUT2D eigenvalue weighted by molar-refractivity contribution is 0.470. The number of phenols is 1. The Balaban J connectivity index is 2.18. The zero-order valence-electron chi connectivity index (χ0n) is 8.66. The molecule has 2 rings (SSSR count). The van der Waals surface area contributed by atoms with Crippen LogP contribution in [0, 0.1) is 6.92 Å². The topological polar surface area (TPSA) is 23.5 Å². The maximum atomic E-state index is 9.60. The van der Waals surface area contributed by atoms with Crippen molar-refractivity contribution >= 4 is 5.69 Å². The van der Waals surface area contributed by atoms with Crippen LogP contribution >= 0.6 is 0 Å². The van der Waals surface area contributed by atoms with Crippen molar-refractivity contribution in [3.05, 3.63) is 23.8 Å². The summed E-state index contributed by atoms with van der Waals surface area (Å²) in [5.41, 5.74) is 2.11. The van der Waals surface area contributed by atoms with Gasteiger partial charge in [-0.1, -0.05) is 6.07 Å². The highest BCUT2D eigenvalue weighted by atomic mass is 16.3. The van der Waals surface area contributed by atoms with Gasteiger partial charge in [-0.3, -0.25) is 0 Å². The third-order valence-electron chi connectivity index (χ3n) is 2.91. The molecule has 0 bridgehead atoms. The zero-order valence-corrected chi connectivity index (χ0v) is 8.66. The summed E-state index contributed by atoms with van der Waals surface area (Å²) in [5.74, 6) is 0.410. The first-order chi connectivity index (χ1) is 6.77. The standard InChI is InChI=1S/C12H17NO/c1-10-5-6-11(9-12(10)14)13-7-3-2-4-8-13/h5-6,9,14H,2-4,7-8H2,1H3. The number of phenolic OH excluding ortho intramolecular Hbond substituents is 1. The van der Waals surface area contributed by atoms with Gasteiger partial charge in [0.05, 0.1) is 0 Å². The van der Waals surface area contributed by atoms with E-state index in [1.807, 2.05) is 19.1 Å². The number of benzene rings is 1. The molecule has 0 aromatic heterocycles. The smallest absolute Gasteiger partial charge is 0.120 e. The summed E-state index contributed by atoms with van der Waals surface area (Å²) in [5, 5.41) is 9.60. The second-order valence-electron chi connectivity index (χ2n) is 4.02. The van der Waals surface area contributed by atoms with E-state index in [0.717, 1.165) is 24.3 Å². The number of rotatable bonds is 1. The molecule has 1 aromatic rings. The van der Waals surface area contributed by atoms with Crippen LogP contribution in [-0.2, 0) is 0 Å². The molecule has 0 atom stereocenters. The van der Waals surface area contributed by atoms with Gasteiger partial charge >= 0.3 is 0 Å². The molecule has 14 heavy (non-hydrogen) atoms. The third kappa shape index (κ3) is 1.84. The first-order valence-corrected chi connectivity index (χ1v) is 5.32. The summed E-state index contributed by atoms with van der Waals surface area (Å²) in [6.07, 6.45) is 3.89. The van der Waals surface area contributed by atoms with Gasteiger partial charge in [0.15, 0.2) is 0 Å². The maximum absolute atomic E-state index is 9.60. The molecule has 2 heteroatoms. The van der Waals surface area contributed by atoms with Gasteiger partial charge in [0.1, 0.15) is 5.75 Å². The Morgan fingerprint density at radius 3 is 2.50 bits per heavy atom. The Hall–Kier alpha value is -1.18. The van der Waals surface area contributed by atoms with E-state index in [9.17, 15) is 5.11 Å². The first kappa shape index (κ1) is 9.38. The van der Waals surface area contributed by atoms with Crippen molar-refractivity contribution < 1.29 is 5.11 Å². The molecule has 1 saturated heterocycles. The highest BCUT2D eigenvalue weighted by Crippen LogP contribution is 2.26. The largest absolute Gasteiger partial charge is 0.508 e. The number of aryl methyl sites for hydroxylation is 1. The minimum atomic E-state index is 0.410. The Labute approximate surface area is 85.2 Å². The van der Waals surface area contributed by atoms with Crippen LogP contribution in [-0.4, -0.2) is 18.2 Å². The lowest BCUT2D eigenvalue weighted by Crippen LogP contribution is -2.29. The molecular weight excluding hydrogens is 174 g/mol. The fourth-order valence-corrected chi connectivity index (χ4v) is 1.95. The summed E-state index contributed by atoms with van der Waals surface area (Å²) < 4.78 is 0. The molecule has 1 aromatic carbocycles. The van der Waals surface area contributed by atoms with Gasteiger partial charge in [-0.2, -0.15) is 0 Å². The van der Waals surface area contributed by atoms with Crippen LogP contribution in [0.3, 0.4) is 0 Å². The SMILES string of the molecule is Cc1ccc(N2CCCCC2)cc1O. The molecule has 1 aliphatic heterocycles. The predicted molar refractivity (Wildman–Crippen MR) is 58.9 cm³/mol. The number of aromatic hydroxyl groups is 1. The third-order valence-corrected chi connectivity index (χ3v) is 2.91. The molecule has 0 amide bonds. The van der Waals surface area contributed by atoms with Crippen molar-refractivity contribution in [2.24, 2.45) is 0 Å². The van der Waals surface area contributed by atoms with Crippen LogP contribution in [0.15, 0.2) is 18.2 Å². The van der Waals surface area contributed by atoms with E-state index < -0.39 is 0 Å². The highest BCUT2D eigenvalue weighted by Gasteiger charge is 2.11. The van der Waals surface area contributed by atoms with E-state index in [-0.39, 0.29) is 0 Å². The van der Waals surface area contributed by atoms with E-state index in [4.69, 9.17) is 0 Å². The Kier molecular flexibility index (Phi) is 2.62. The molecule has 0 radical (unpaired) electrons. The number of piperidine rings is 1. The zero-order chi connectivity index (χ0) is 9.97. The number of hydrogen-bond donors (Lipinski definition) is 1. The molecule has 0 unspecified atom stereocenters. The van der Waals surface area contributed by atoms with Gasteiger partial charge < -0.3 is 10.0 Å². The summed E-state index contributed by atoms with van der Waals surface area (Å²) in [4.78, 5) is 2.35. The molecule has 0 spiro atoms. The molecule has 2 nitrogen and oxygen atoms in total. The summed E-state index contributed by atoms with van der Waals surface area (Å²) in [6, 6.07) is 5.96. The Bertz CT molecular complexity index is 316. The minimum absolute atomic E-state index is 0.410. The normalized spacial score (nSPS) is 17.1. The highest BCUT2D eigenvalue weighted by molar-refractivity contribution is 5.53. The maximum Gasteiger partial charge on any atom is 0.120 e. The number of anilines is 1. The van der Waals surface area contributed by atoms with Gasteiger partial charge in [0.25, 0.3) is 0 Å². The predicted octanol–water partition coefficient (Wildman–Crippen LogP) is 2.69. The summed E-state index contributed by atoms with van der Waals surface area (Å²) >= 11 is 0. The van der Waals surface area contributed by atoms with Gasteiger partial charge in [-0.15, -0.1) is 0 Å². The summed E-state index contributed by atoms with van der Waals surface area (Å²) in [6.45, 7) is 4.18. The summed E-state index contributed by atoms with van der Waals surface area (Å²) in [7, 11) is 0. The molecule has 1 aliphatic rings. The van der Waals surface area contributed by atoms with Gasteiger partial charge in [0, 0.05) is 24.8 Å². The monoisotopic (exact) mass is 191 g/mol. The van der Waals surface area contributed by atoms with Crippen LogP contribution in [0.5, 0.6) is 5.75 Å². The van der Waals surface area contributed by atoms with Crippen molar-refractivity contribution in [2.75, 3.05) is 18.0 Å². The Morgan fingerprint density at radius 2 is 1.86 bits per heavy atom. The first-order valence-electron chi connectivity index (χ1n) is 5.32. The lowest BCUT2D eigenvalue weighted by atomic mass is 10.1. The van der Waals surface area contributed by atoms with Gasteiger partial charge in [-0.25, -0.2) is 0 Å². The molecular formula is C12H17NO. The van der Waals surface area contributed by atoms with Crippen molar-refractivity contribution in [1.29, 1.82) is 0 Å². The van der Waals surface area contributed by atoms with E-state index in [1.165, 1.54) is 19.3 Å². The van der Waals surface area contributed by atoms with Crippen molar-refractivity contribution in [3.63, 3.8) is 0 Å². The van der Waals surface area contributed by atoms with Crippen molar-refractivity contribution in [1.82, 2.24) is 0 Å². The van der Waals surface area contributed by atoms with Crippen molar-refractivity contribution in [3.8, 4) is 5.75 Å². The average Bonchev–Trinajstić information content (AvgIpc) is 2.23. The fourth-order valence-electron chi connectivity index (χ4n) is 1.95.